The average molecular weight is 302 g/mol. The number of nitrogens with one attached hydrogen (secondary N) is 1. The van der Waals surface area contributed by atoms with Gasteiger partial charge in [0.25, 0.3) is 5.91 Å². The number of benzene rings is 1. The fraction of sp³-hybridized carbons (Fsp3) is 0.333. The molecule has 5 nitrogen and oxygen atoms in total. The summed E-state index contributed by atoms with van der Waals surface area (Å²) in [6, 6.07) is 5.74. The lowest BCUT2D eigenvalue weighted by Crippen LogP contribution is -2.25. The fourth-order valence-electron chi connectivity index (χ4n) is 2.58. The highest BCUT2D eigenvalue weighted by Gasteiger charge is 2.22. The van der Waals surface area contributed by atoms with Crippen LogP contribution in [0.25, 0.3) is 11.3 Å². The summed E-state index contributed by atoms with van der Waals surface area (Å²) in [5, 5.41) is 5.88. The lowest BCUT2D eigenvalue weighted by molar-refractivity contribution is -0.118. The van der Waals surface area contributed by atoms with Crippen LogP contribution >= 0.6 is 11.3 Å². The molecular formula is C15H14N2O3S. The fourth-order valence-corrected chi connectivity index (χ4v) is 3.49. The van der Waals surface area contributed by atoms with Crippen LogP contribution < -0.4 is 10.1 Å². The van der Waals surface area contributed by atoms with Crippen molar-refractivity contribution in [3.63, 3.8) is 0 Å². The average Bonchev–Trinajstić information content (AvgIpc) is 3.17. The van der Waals surface area contributed by atoms with Crippen molar-refractivity contribution in [2.75, 3.05) is 18.5 Å². The van der Waals surface area contributed by atoms with E-state index < -0.39 is 0 Å². The molecule has 1 fully saturated rings. The van der Waals surface area contributed by atoms with Crippen LogP contribution in [0.1, 0.15) is 24.0 Å². The highest BCUT2D eigenvalue weighted by molar-refractivity contribution is 7.10. The molecule has 0 bridgehead atoms. The molecule has 0 radical (unpaired) electrons. The van der Waals surface area contributed by atoms with Gasteiger partial charge in [-0.15, -0.1) is 11.3 Å². The minimum atomic E-state index is -0.127. The molecule has 1 aromatic carbocycles. The third-order valence-corrected chi connectivity index (χ3v) is 4.57. The van der Waals surface area contributed by atoms with Crippen LogP contribution in [0.15, 0.2) is 23.6 Å². The zero-order valence-electron chi connectivity index (χ0n) is 11.3. The number of nitrogens with zero attached hydrogens (tertiary/aromatic N) is 1. The zero-order valence-corrected chi connectivity index (χ0v) is 12.1. The van der Waals surface area contributed by atoms with Crippen LogP contribution in [0.5, 0.6) is 5.75 Å². The van der Waals surface area contributed by atoms with E-state index in [2.05, 4.69) is 10.3 Å². The van der Waals surface area contributed by atoms with E-state index >= 15 is 0 Å². The van der Waals surface area contributed by atoms with Crippen LogP contribution in [0, 0.1) is 0 Å². The number of carbonyl (C=O) groups excluding carboxylic acids is 1. The van der Waals surface area contributed by atoms with E-state index in [9.17, 15) is 4.79 Å². The molecule has 0 aliphatic carbocycles. The second-order valence-electron chi connectivity index (χ2n) is 5.12. The lowest BCUT2D eigenvalue weighted by Gasteiger charge is -2.18. The minimum Gasteiger partial charge on any atom is -0.482 e. The van der Waals surface area contributed by atoms with Gasteiger partial charge in [0.15, 0.2) is 6.61 Å². The van der Waals surface area contributed by atoms with Gasteiger partial charge in [0, 0.05) is 17.6 Å². The maximum absolute atomic E-state index is 11.4. The molecule has 3 heterocycles. The standard InChI is InChI=1S/C15H14N2O3S/c18-14-7-20-12-4-3-9(6-10(12)16-14)11-8-21-15(17-11)13-2-1-5-19-13/h3-4,6,8,13H,1-2,5,7H2,(H,16,18). The molecule has 4 rings (SSSR count). The van der Waals surface area contributed by atoms with Crippen LogP contribution in [-0.2, 0) is 9.53 Å². The Morgan fingerprint density at radius 2 is 2.33 bits per heavy atom. The summed E-state index contributed by atoms with van der Waals surface area (Å²) in [6.07, 6.45) is 2.28. The van der Waals surface area contributed by atoms with E-state index in [4.69, 9.17) is 9.47 Å². The first-order valence-corrected chi connectivity index (χ1v) is 7.82. The highest BCUT2D eigenvalue weighted by atomic mass is 32.1. The number of hydrogen-bond donors (Lipinski definition) is 1. The van der Waals surface area contributed by atoms with Crippen LogP contribution in [0.3, 0.4) is 0 Å². The van der Waals surface area contributed by atoms with Crippen LogP contribution in [0.4, 0.5) is 5.69 Å². The third kappa shape index (κ3) is 2.41. The Bertz CT molecular complexity index is 692. The van der Waals surface area contributed by atoms with Gasteiger partial charge in [-0.05, 0) is 31.0 Å². The third-order valence-electron chi connectivity index (χ3n) is 3.64. The summed E-state index contributed by atoms with van der Waals surface area (Å²) in [4.78, 5) is 16.1. The van der Waals surface area contributed by atoms with E-state index in [1.54, 1.807) is 11.3 Å². The highest BCUT2D eigenvalue weighted by Crippen LogP contribution is 2.36. The SMILES string of the molecule is O=C1COc2ccc(-c3csc(C4CCCO4)n3)cc2N1. The number of thiazole rings is 1. The molecule has 2 aliphatic rings. The Kier molecular flexibility index (Phi) is 3.12. The molecule has 108 valence electrons. The molecule has 6 heteroatoms. The van der Waals surface area contributed by atoms with E-state index in [0.29, 0.717) is 11.4 Å². The maximum Gasteiger partial charge on any atom is 0.262 e. The number of hydrogen-bond acceptors (Lipinski definition) is 5. The Labute approximate surface area is 125 Å². The zero-order chi connectivity index (χ0) is 14.2. The van der Waals surface area contributed by atoms with E-state index in [0.717, 1.165) is 35.7 Å². The second kappa shape index (κ2) is 5.13. The number of fused-ring (bicyclic) bond motifs is 1. The largest absolute Gasteiger partial charge is 0.482 e. The van der Waals surface area contributed by atoms with Gasteiger partial charge in [-0.25, -0.2) is 4.98 Å². The monoisotopic (exact) mass is 302 g/mol. The van der Waals surface area contributed by atoms with Crippen molar-refractivity contribution in [2.45, 2.75) is 18.9 Å². The molecule has 1 atom stereocenters. The summed E-state index contributed by atoms with van der Waals surface area (Å²) >= 11 is 1.62. The maximum atomic E-state index is 11.4. The topological polar surface area (TPSA) is 60.5 Å². The van der Waals surface area contributed by atoms with Gasteiger partial charge in [0.1, 0.15) is 16.9 Å². The van der Waals surface area contributed by atoms with Gasteiger partial charge < -0.3 is 14.8 Å². The molecule has 21 heavy (non-hydrogen) atoms. The first-order valence-electron chi connectivity index (χ1n) is 6.94. The summed E-state index contributed by atoms with van der Waals surface area (Å²) in [5.74, 6) is 0.575. The number of aromatic nitrogens is 1. The smallest absolute Gasteiger partial charge is 0.262 e. The quantitative estimate of drug-likeness (QED) is 0.926. The van der Waals surface area contributed by atoms with E-state index in [1.807, 2.05) is 23.6 Å². The molecular weight excluding hydrogens is 288 g/mol. The van der Waals surface area contributed by atoms with E-state index in [-0.39, 0.29) is 18.6 Å². The van der Waals surface area contributed by atoms with Crippen LogP contribution in [-0.4, -0.2) is 24.1 Å². The number of carbonyl (C=O) groups is 1. The molecule has 1 unspecified atom stereocenters. The summed E-state index contributed by atoms with van der Waals surface area (Å²) in [7, 11) is 0. The second-order valence-corrected chi connectivity index (χ2v) is 6.01. The molecule has 0 spiro atoms. The molecule has 0 saturated carbocycles. The molecule has 1 N–H and O–H groups in total. The number of amides is 1. The predicted molar refractivity (Wildman–Crippen MR) is 79.6 cm³/mol. The molecule has 1 saturated heterocycles. The van der Waals surface area contributed by atoms with Crippen molar-refractivity contribution in [3.8, 4) is 17.0 Å². The molecule has 2 aliphatic heterocycles. The van der Waals surface area contributed by atoms with E-state index in [1.165, 1.54) is 0 Å². The van der Waals surface area contributed by atoms with Crippen molar-refractivity contribution in [1.29, 1.82) is 0 Å². The summed E-state index contributed by atoms with van der Waals surface area (Å²) < 4.78 is 11.0. The molecule has 1 amide bonds. The van der Waals surface area contributed by atoms with Crippen molar-refractivity contribution < 1.29 is 14.3 Å². The number of rotatable bonds is 2. The Morgan fingerprint density at radius 3 is 3.19 bits per heavy atom. The van der Waals surface area contributed by atoms with Gasteiger partial charge in [0.05, 0.1) is 11.4 Å². The molecule has 2 aromatic rings. The Morgan fingerprint density at radius 1 is 1.38 bits per heavy atom. The van der Waals surface area contributed by atoms with Crippen LogP contribution in [0.2, 0.25) is 0 Å². The predicted octanol–water partition coefficient (Wildman–Crippen LogP) is 2.99. The van der Waals surface area contributed by atoms with Crippen molar-refractivity contribution in [1.82, 2.24) is 4.98 Å². The molecule has 1 aromatic heterocycles. The number of ether oxygens (including phenoxy) is 2. The van der Waals surface area contributed by atoms with Gasteiger partial charge in [0.2, 0.25) is 0 Å². The minimum absolute atomic E-state index is 0.0756. The lowest BCUT2D eigenvalue weighted by atomic mass is 10.1. The van der Waals surface area contributed by atoms with Gasteiger partial charge >= 0.3 is 0 Å². The Balaban J connectivity index is 1.64. The summed E-state index contributed by atoms with van der Waals surface area (Å²) in [5.41, 5.74) is 2.59. The number of anilines is 1. The summed E-state index contributed by atoms with van der Waals surface area (Å²) in [6.45, 7) is 0.897. The first-order chi connectivity index (χ1) is 10.3. The normalized spacial score (nSPS) is 20.8. The van der Waals surface area contributed by atoms with Crippen molar-refractivity contribution >= 4 is 22.9 Å². The van der Waals surface area contributed by atoms with Gasteiger partial charge in [-0.3, -0.25) is 4.79 Å². The van der Waals surface area contributed by atoms with Crippen molar-refractivity contribution in [3.05, 3.63) is 28.6 Å². The first kappa shape index (κ1) is 12.8. The van der Waals surface area contributed by atoms with Crippen molar-refractivity contribution in [2.24, 2.45) is 0 Å². The Hall–Kier alpha value is -1.92. The van der Waals surface area contributed by atoms with Gasteiger partial charge in [-0.1, -0.05) is 0 Å². The van der Waals surface area contributed by atoms with Gasteiger partial charge in [-0.2, -0.15) is 0 Å².